The summed E-state index contributed by atoms with van der Waals surface area (Å²) in [6.45, 7) is 20.6. The lowest BCUT2D eigenvalue weighted by Crippen LogP contribution is -2.61. The van der Waals surface area contributed by atoms with Crippen LogP contribution in [0.2, 0.25) is 0 Å². The third kappa shape index (κ3) is 4.75. The molecule has 36 heavy (non-hydrogen) atoms. The molecule has 3 amide bonds. The Bertz CT molecular complexity index is 913. The summed E-state index contributed by atoms with van der Waals surface area (Å²) in [5.41, 5.74) is -0.489. The lowest BCUT2D eigenvalue weighted by atomic mass is 9.70. The van der Waals surface area contributed by atoms with Crippen molar-refractivity contribution in [2.24, 2.45) is 17.3 Å². The summed E-state index contributed by atoms with van der Waals surface area (Å²) in [4.78, 5) is 47.3. The third-order valence-electron chi connectivity index (χ3n) is 8.05. The van der Waals surface area contributed by atoms with Gasteiger partial charge in [0, 0.05) is 30.9 Å². The molecular formula is C28H45N3O4S. The monoisotopic (exact) mass is 519 g/mol. The molecule has 3 heterocycles. The van der Waals surface area contributed by atoms with E-state index in [0.717, 1.165) is 12.8 Å². The highest BCUT2D eigenvalue weighted by atomic mass is 32.2. The van der Waals surface area contributed by atoms with Crippen LogP contribution in [0.15, 0.2) is 25.3 Å². The second-order valence-corrected chi connectivity index (χ2v) is 14.2. The van der Waals surface area contributed by atoms with Crippen molar-refractivity contribution in [3.63, 3.8) is 0 Å². The summed E-state index contributed by atoms with van der Waals surface area (Å²) in [5, 5.41) is 10.1. The van der Waals surface area contributed by atoms with E-state index in [9.17, 15) is 19.5 Å². The maximum atomic E-state index is 14.6. The lowest BCUT2D eigenvalue weighted by Gasteiger charge is -2.46. The molecule has 3 aliphatic heterocycles. The molecule has 3 fully saturated rings. The van der Waals surface area contributed by atoms with Crippen LogP contribution < -0.4 is 0 Å². The highest BCUT2D eigenvalue weighted by Crippen LogP contribution is 2.67. The van der Waals surface area contributed by atoms with E-state index in [2.05, 4.69) is 47.8 Å². The number of aliphatic hydroxyl groups excluding tert-OH is 1. The van der Waals surface area contributed by atoms with E-state index in [1.807, 2.05) is 4.90 Å². The minimum atomic E-state index is -0.728. The van der Waals surface area contributed by atoms with Crippen LogP contribution in [-0.2, 0) is 14.4 Å². The Morgan fingerprint density at radius 2 is 1.81 bits per heavy atom. The number of thioether (sulfide) groups is 1. The molecule has 6 atom stereocenters. The van der Waals surface area contributed by atoms with Gasteiger partial charge in [-0.05, 0) is 45.4 Å². The molecule has 2 unspecified atom stereocenters. The number of likely N-dealkylation sites (tertiary alicyclic amines) is 1. The smallest absolute Gasteiger partial charge is 0.247 e. The first-order chi connectivity index (χ1) is 16.7. The zero-order chi connectivity index (χ0) is 27.2. The molecule has 3 saturated heterocycles. The first kappa shape index (κ1) is 28.8. The van der Waals surface area contributed by atoms with Crippen molar-refractivity contribution < 1.29 is 19.5 Å². The van der Waals surface area contributed by atoms with Crippen LogP contribution in [0.5, 0.6) is 0 Å². The maximum absolute atomic E-state index is 14.6. The summed E-state index contributed by atoms with van der Waals surface area (Å²) < 4.78 is -0.672. The van der Waals surface area contributed by atoms with Gasteiger partial charge in [-0.1, -0.05) is 32.9 Å². The molecule has 8 heteroatoms. The van der Waals surface area contributed by atoms with Gasteiger partial charge in [0.1, 0.15) is 6.04 Å². The SMILES string of the molecule is C=CCN(C)C(=O)[C@@H]1[C@H]2C(=O)N([C@H](C)CO)C(C(=O)N(CC=C)C(C)(C)CC(C)(C)C)C23CC[C@H]1S3. The molecule has 3 aliphatic rings. The number of rotatable bonds is 10. The fraction of sp³-hybridized carbons (Fsp3) is 0.750. The molecule has 7 nitrogen and oxygen atoms in total. The molecule has 0 aromatic heterocycles. The minimum absolute atomic E-state index is 0.0102. The Morgan fingerprint density at radius 3 is 2.33 bits per heavy atom. The van der Waals surface area contributed by atoms with Crippen molar-refractivity contribution in [3.05, 3.63) is 25.3 Å². The first-order valence-corrected chi connectivity index (χ1v) is 13.9. The summed E-state index contributed by atoms with van der Waals surface area (Å²) in [6, 6.07) is -1.25. The summed E-state index contributed by atoms with van der Waals surface area (Å²) in [5.74, 6) is -1.39. The Labute approximate surface area is 221 Å². The van der Waals surface area contributed by atoms with Crippen molar-refractivity contribution in [1.82, 2.24) is 14.7 Å². The number of fused-ring (bicyclic) bond motifs is 1. The number of aliphatic hydroxyl groups is 1. The van der Waals surface area contributed by atoms with E-state index in [0.29, 0.717) is 19.5 Å². The quantitative estimate of drug-likeness (QED) is 0.448. The van der Waals surface area contributed by atoms with E-state index in [1.54, 1.807) is 47.7 Å². The van der Waals surface area contributed by atoms with Crippen LogP contribution in [0.3, 0.4) is 0 Å². The average Bonchev–Trinajstić information content (AvgIpc) is 3.41. The third-order valence-corrected chi connectivity index (χ3v) is 10.00. The van der Waals surface area contributed by atoms with Crippen molar-refractivity contribution in [2.75, 3.05) is 26.7 Å². The number of nitrogens with zero attached hydrogens (tertiary/aromatic N) is 3. The molecule has 0 radical (unpaired) electrons. The largest absolute Gasteiger partial charge is 0.394 e. The predicted molar refractivity (Wildman–Crippen MR) is 145 cm³/mol. The first-order valence-electron chi connectivity index (χ1n) is 13.1. The van der Waals surface area contributed by atoms with Crippen molar-refractivity contribution in [3.8, 4) is 0 Å². The van der Waals surface area contributed by atoms with Crippen LogP contribution in [0.4, 0.5) is 0 Å². The van der Waals surface area contributed by atoms with Gasteiger partial charge in [0.05, 0.1) is 29.2 Å². The number of hydrogen-bond acceptors (Lipinski definition) is 5. The van der Waals surface area contributed by atoms with E-state index in [-0.39, 0.29) is 35.0 Å². The predicted octanol–water partition coefficient (Wildman–Crippen LogP) is 3.33. The van der Waals surface area contributed by atoms with Gasteiger partial charge < -0.3 is 19.8 Å². The van der Waals surface area contributed by atoms with Gasteiger partial charge in [-0.3, -0.25) is 14.4 Å². The fourth-order valence-corrected chi connectivity index (χ4v) is 9.25. The Kier molecular flexibility index (Phi) is 8.12. The highest BCUT2D eigenvalue weighted by Gasteiger charge is 2.74. The van der Waals surface area contributed by atoms with Crippen LogP contribution in [0.1, 0.15) is 60.8 Å². The summed E-state index contributed by atoms with van der Waals surface area (Å²) in [6.07, 6.45) is 5.70. The van der Waals surface area contributed by atoms with Gasteiger partial charge in [0.15, 0.2) is 0 Å². The number of likely N-dealkylation sites (N-methyl/N-ethyl adjacent to an activating group) is 1. The van der Waals surface area contributed by atoms with E-state index >= 15 is 0 Å². The minimum Gasteiger partial charge on any atom is -0.394 e. The second-order valence-electron chi connectivity index (χ2n) is 12.6. The molecule has 0 aliphatic carbocycles. The zero-order valence-corrected chi connectivity index (χ0v) is 23.9. The number of amides is 3. The number of hydrogen-bond donors (Lipinski definition) is 1. The topological polar surface area (TPSA) is 81.2 Å². The van der Waals surface area contributed by atoms with Crippen LogP contribution >= 0.6 is 11.8 Å². The zero-order valence-electron chi connectivity index (χ0n) is 23.1. The van der Waals surface area contributed by atoms with E-state index in [1.165, 1.54) is 0 Å². The molecule has 0 saturated carbocycles. The van der Waals surface area contributed by atoms with Crippen LogP contribution in [0, 0.1) is 17.3 Å². The maximum Gasteiger partial charge on any atom is 0.247 e. The molecule has 0 aromatic carbocycles. The molecule has 1 N–H and O–H groups in total. The molecule has 3 rings (SSSR count). The van der Waals surface area contributed by atoms with Crippen LogP contribution in [0.25, 0.3) is 0 Å². The van der Waals surface area contributed by atoms with Gasteiger partial charge >= 0.3 is 0 Å². The van der Waals surface area contributed by atoms with Gasteiger partial charge in [-0.15, -0.1) is 24.9 Å². The number of carbonyl (C=O) groups excluding carboxylic acids is 3. The van der Waals surface area contributed by atoms with E-state index in [4.69, 9.17) is 0 Å². The standard InChI is InChI=1S/C28H45N3O4S/c1-10-14-29(9)23(33)20-19-12-13-28(36-19)21(20)24(34)31(18(3)16-32)22(28)25(35)30(15-11-2)27(7,8)17-26(4,5)6/h10-11,18-22,32H,1-2,12-17H2,3-9H3/t18-,19-,20+,21+,22?,28?/m1/s1. The normalized spacial score (nSPS) is 30.2. The molecule has 0 aromatic rings. The van der Waals surface area contributed by atoms with Gasteiger partial charge in [-0.2, -0.15) is 0 Å². The fourth-order valence-electron chi connectivity index (χ4n) is 7.06. The Morgan fingerprint density at radius 1 is 1.19 bits per heavy atom. The number of carbonyl (C=O) groups is 3. The Balaban J connectivity index is 2.09. The summed E-state index contributed by atoms with van der Waals surface area (Å²) in [7, 11) is 1.74. The van der Waals surface area contributed by atoms with Crippen LogP contribution in [-0.4, -0.2) is 91.9 Å². The highest BCUT2D eigenvalue weighted by molar-refractivity contribution is 8.02. The molecular weight excluding hydrogens is 474 g/mol. The van der Waals surface area contributed by atoms with E-state index < -0.39 is 34.2 Å². The molecule has 1 spiro atoms. The molecule has 202 valence electrons. The van der Waals surface area contributed by atoms with Crippen molar-refractivity contribution >= 4 is 29.5 Å². The van der Waals surface area contributed by atoms with Gasteiger partial charge in [0.25, 0.3) is 0 Å². The van der Waals surface area contributed by atoms with Gasteiger partial charge in [0.2, 0.25) is 17.7 Å². The lowest BCUT2D eigenvalue weighted by molar-refractivity contribution is -0.149. The van der Waals surface area contributed by atoms with Crippen molar-refractivity contribution in [1.29, 1.82) is 0 Å². The second kappa shape index (κ2) is 10.2. The average molecular weight is 520 g/mol. The molecule has 2 bridgehead atoms. The summed E-state index contributed by atoms with van der Waals surface area (Å²) >= 11 is 1.66. The van der Waals surface area contributed by atoms with Crippen molar-refractivity contribution in [2.45, 2.75) is 88.4 Å². The Hall–Kier alpha value is -1.80. The van der Waals surface area contributed by atoms with Gasteiger partial charge in [-0.25, -0.2) is 0 Å².